The van der Waals surface area contributed by atoms with Crippen molar-refractivity contribution in [3.05, 3.63) is 40.8 Å². The van der Waals surface area contributed by atoms with E-state index in [2.05, 4.69) is 29.1 Å². The molecule has 128 valence electrons. The van der Waals surface area contributed by atoms with Crippen molar-refractivity contribution in [1.82, 2.24) is 14.9 Å². The zero-order chi connectivity index (χ0) is 17.1. The number of carbonyl (C=O) groups is 1. The second kappa shape index (κ2) is 7.30. The molecule has 3 rings (SSSR count). The summed E-state index contributed by atoms with van der Waals surface area (Å²) in [5.41, 5.74) is 2.15. The molecular formula is C18H24N4OS. The Morgan fingerprint density at radius 2 is 2.17 bits per heavy atom. The van der Waals surface area contributed by atoms with Gasteiger partial charge in [-0.15, -0.1) is 11.3 Å². The number of thiazole rings is 1. The van der Waals surface area contributed by atoms with E-state index >= 15 is 0 Å². The normalized spacial score (nSPS) is 17.5. The number of amides is 2. The minimum atomic E-state index is -0.0250. The molecule has 2 aromatic rings. The number of aryl methyl sites for hydroxylation is 1. The number of nitrogens with zero attached hydrogens (tertiary/aromatic N) is 3. The molecule has 1 atom stereocenters. The molecule has 0 aromatic carbocycles. The lowest BCUT2D eigenvalue weighted by Gasteiger charge is -2.25. The van der Waals surface area contributed by atoms with Crippen molar-refractivity contribution in [3.8, 4) is 0 Å². The van der Waals surface area contributed by atoms with Crippen LogP contribution in [0.4, 0.5) is 9.80 Å². The minimum Gasteiger partial charge on any atom is -0.317 e. The Hall–Kier alpha value is -1.95. The molecule has 2 aromatic heterocycles. The Morgan fingerprint density at radius 3 is 2.88 bits per heavy atom. The van der Waals surface area contributed by atoms with Gasteiger partial charge in [0.1, 0.15) is 5.00 Å². The van der Waals surface area contributed by atoms with E-state index in [9.17, 15) is 4.79 Å². The second-order valence-electron chi connectivity index (χ2n) is 6.67. The number of carbonyl (C=O) groups excluding carboxylic acids is 1. The molecule has 1 aliphatic heterocycles. The highest BCUT2D eigenvalue weighted by molar-refractivity contribution is 7.16. The summed E-state index contributed by atoms with van der Waals surface area (Å²) in [6, 6.07) is 4.10. The lowest BCUT2D eigenvalue weighted by Crippen LogP contribution is -2.34. The van der Waals surface area contributed by atoms with Crippen molar-refractivity contribution in [1.29, 1.82) is 0 Å². The number of nitrogens with one attached hydrogen (secondary N) is 1. The van der Waals surface area contributed by atoms with Gasteiger partial charge in [0.05, 0.1) is 16.7 Å². The summed E-state index contributed by atoms with van der Waals surface area (Å²) in [5.74, 6) is 0.513. The minimum absolute atomic E-state index is 0.0250. The van der Waals surface area contributed by atoms with Crippen molar-refractivity contribution in [2.45, 2.75) is 46.1 Å². The summed E-state index contributed by atoms with van der Waals surface area (Å²) >= 11 is 1.56. The van der Waals surface area contributed by atoms with E-state index in [0.29, 0.717) is 5.92 Å². The average molecular weight is 344 g/mol. The summed E-state index contributed by atoms with van der Waals surface area (Å²) < 4.78 is 0. The first-order chi connectivity index (χ1) is 11.5. The van der Waals surface area contributed by atoms with E-state index in [-0.39, 0.29) is 12.1 Å². The third-order valence-electron chi connectivity index (χ3n) is 4.23. The molecule has 3 heterocycles. The first kappa shape index (κ1) is 16.9. The average Bonchev–Trinajstić information content (AvgIpc) is 3.15. The van der Waals surface area contributed by atoms with Crippen molar-refractivity contribution in [3.63, 3.8) is 0 Å². The maximum absolute atomic E-state index is 12.8. The third-order valence-corrected chi connectivity index (χ3v) is 5.16. The van der Waals surface area contributed by atoms with Crippen molar-refractivity contribution in [2.24, 2.45) is 5.92 Å². The van der Waals surface area contributed by atoms with Crippen molar-refractivity contribution < 1.29 is 4.79 Å². The van der Waals surface area contributed by atoms with Crippen molar-refractivity contribution in [2.75, 3.05) is 11.9 Å². The predicted octanol–water partition coefficient (Wildman–Crippen LogP) is 4.41. The van der Waals surface area contributed by atoms with E-state index in [4.69, 9.17) is 0 Å². The van der Waals surface area contributed by atoms with E-state index in [1.165, 1.54) is 0 Å². The fourth-order valence-corrected chi connectivity index (χ4v) is 4.04. The largest absolute Gasteiger partial charge is 0.323 e. The van der Waals surface area contributed by atoms with Crippen molar-refractivity contribution >= 4 is 22.4 Å². The van der Waals surface area contributed by atoms with Crippen LogP contribution in [0.2, 0.25) is 0 Å². The van der Waals surface area contributed by atoms with Crippen LogP contribution in [-0.2, 0) is 6.42 Å². The highest BCUT2D eigenvalue weighted by Gasteiger charge is 2.30. The number of anilines is 1. The zero-order valence-electron chi connectivity index (χ0n) is 14.5. The van der Waals surface area contributed by atoms with Crippen LogP contribution in [0.3, 0.4) is 0 Å². The molecule has 0 spiro atoms. The quantitative estimate of drug-likeness (QED) is 0.893. The number of hydrogen-bond donors (Lipinski definition) is 1. The van der Waals surface area contributed by atoms with Crippen LogP contribution in [0.15, 0.2) is 24.5 Å². The van der Waals surface area contributed by atoms with Gasteiger partial charge in [0.25, 0.3) is 0 Å². The summed E-state index contributed by atoms with van der Waals surface area (Å²) in [4.78, 5) is 23.4. The van der Waals surface area contributed by atoms with Crippen LogP contribution in [0, 0.1) is 12.8 Å². The van der Waals surface area contributed by atoms with Crippen LogP contribution < -0.4 is 5.32 Å². The summed E-state index contributed by atoms with van der Waals surface area (Å²) in [6.07, 6.45) is 6.49. The SMILES string of the molecule is Cc1nc(CC(C)C)c(NC(=O)N2CCC[C@H]2c2ccncc2)s1. The van der Waals surface area contributed by atoms with E-state index in [1.54, 1.807) is 23.7 Å². The molecule has 1 aliphatic rings. The smallest absolute Gasteiger partial charge is 0.317 e. The standard InChI is InChI=1S/C18H24N4OS/c1-12(2)11-15-17(24-13(3)20-15)21-18(23)22-10-4-5-16(22)14-6-8-19-9-7-14/h6-9,12,16H,4-5,10-11H2,1-3H3,(H,21,23)/t16-/m0/s1. The summed E-state index contributed by atoms with van der Waals surface area (Å²) in [7, 11) is 0. The monoisotopic (exact) mass is 344 g/mol. The van der Waals surface area contributed by atoms with Crippen LogP contribution in [0.1, 0.15) is 49.0 Å². The Balaban J connectivity index is 1.75. The van der Waals surface area contributed by atoms with Gasteiger partial charge >= 0.3 is 6.03 Å². The molecule has 1 N–H and O–H groups in total. The van der Waals surface area contributed by atoms with Gasteiger partial charge in [-0.2, -0.15) is 0 Å². The van der Waals surface area contributed by atoms with Gasteiger partial charge in [0, 0.05) is 18.9 Å². The van der Waals surface area contributed by atoms with Crippen LogP contribution in [0.5, 0.6) is 0 Å². The van der Waals surface area contributed by atoms with Gasteiger partial charge in [0.15, 0.2) is 0 Å². The predicted molar refractivity (Wildman–Crippen MR) is 97.3 cm³/mol. The fourth-order valence-electron chi connectivity index (χ4n) is 3.20. The van der Waals surface area contributed by atoms with Crippen LogP contribution >= 0.6 is 11.3 Å². The molecule has 24 heavy (non-hydrogen) atoms. The fraction of sp³-hybridized carbons (Fsp3) is 0.500. The first-order valence-corrected chi connectivity index (χ1v) is 9.30. The maximum Gasteiger partial charge on any atom is 0.323 e. The molecule has 0 bridgehead atoms. The molecule has 6 heteroatoms. The van der Waals surface area contributed by atoms with Gasteiger partial charge < -0.3 is 4.90 Å². The zero-order valence-corrected chi connectivity index (χ0v) is 15.3. The lowest BCUT2D eigenvalue weighted by molar-refractivity contribution is 0.207. The Kier molecular flexibility index (Phi) is 5.14. The number of aromatic nitrogens is 2. The molecule has 0 radical (unpaired) electrons. The van der Waals surface area contributed by atoms with Crippen LogP contribution in [-0.4, -0.2) is 27.4 Å². The topological polar surface area (TPSA) is 58.1 Å². The van der Waals surface area contributed by atoms with E-state index in [1.807, 2.05) is 24.0 Å². The molecule has 0 aliphatic carbocycles. The van der Waals surface area contributed by atoms with Gasteiger partial charge in [-0.3, -0.25) is 10.3 Å². The molecule has 2 amide bonds. The maximum atomic E-state index is 12.8. The van der Waals surface area contributed by atoms with Gasteiger partial charge in [-0.25, -0.2) is 9.78 Å². The molecular weight excluding hydrogens is 320 g/mol. The Morgan fingerprint density at radius 1 is 1.42 bits per heavy atom. The van der Waals surface area contributed by atoms with Crippen LogP contribution in [0.25, 0.3) is 0 Å². The number of pyridine rings is 1. The first-order valence-electron chi connectivity index (χ1n) is 8.48. The van der Waals surface area contributed by atoms with Gasteiger partial charge in [0.2, 0.25) is 0 Å². The molecule has 0 unspecified atom stereocenters. The highest BCUT2D eigenvalue weighted by atomic mass is 32.1. The Labute approximate surface area is 147 Å². The molecule has 0 saturated carbocycles. The number of urea groups is 1. The second-order valence-corrected chi connectivity index (χ2v) is 7.87. The number of likely N-dealkylation sites (tertiary alicyclic amines) is 1. The Bertz CT molecular complexity index is 698. The summed E-state index contributed by atoms with van der Waals surface area (Å²) in [5, 5.41) is 4.99. The van der Waals surface area contributed by atoms with E-state index in [0.717, 1.165) is 47.1 Å². The van der Waals surface area contributed by atoms with Gasteiger partial charge in [-0.05, 0) is 49.8 Å². The molecule has 1 fully saturated rings. The molecule has 1 saturated heterocycles. The molecule has 5 nitrogen and oxygen atoms in total. The number of rotatable bonds is 4. The summed E-state index contributed by atoms with van der Waals surface area (Å²) in [6.45, 7) is 7.11. The van der Waals surface area contributed by atoms with Gasteiger partial charge in [-0.1, -0.05) is 13.8 Å². The van der Waals surface area contributed by atoms with E-state index < -0.39 is 0 Å². The lowest BCUT2D eigenvalue weighted by atomic mass is 10.1. The third kappa shape index (κ3) is 3.75. The highest BCUT2D eigenvalue weighted by Crippen LogP contribution is 2.33. The number of hydrogen-bond acceptors (Lipinski definition) is 4.